The van der Waals surface area contributed by atoms with E-state index in [4.69, 9.17) is 11.6 Å². The molecule has 0 saturated heterocycles. The summed E-state index contributed by atoms with van der Waals surface area (Å²) in [5.74, 6) is 0.516. The highest BCUT2D eigenvalue weighted by Crippen LogP contribution is 2.10. The van der Waals surface area contributed by atoms with E-state index < -0.39 is 0 Å². The van der Waals surface area contributed by atoms with Crippen molar-refractivity contribution in [1.82, 2.24) is 5.32 Å². The molecule has 0 aliphatic rings. The summed E-state index contributed by atoms with van der Waals surface area (Å²) in [6.07, 6.45) is 2.63. The Morgan fingerprint density at radius 3 is 2.43 bits per heavy atom. The number of amides is 1. The van der Waals surface area contributed by atoms with Crippen LogP contribution in [-0.4, -0.2) is 18.3 Å². The normalized spacial score (nSPS) is 10.3. The first-order chi connectivity index (χ1) is 10.3. The average Bonchev–Trinajstić information content (AvgIpc) is 2.53. The molecule has 0 spiro atoms. The Bertz CT molecular complexity index is 568. The van der Waals surface area contributed by atoms with Crippen LogP contribution in [0.3, 0.4) is 0 Å². The highest BCUT2D eigenvalue weighted by Gasteiger charge is 2.09. The number of benzene rings is 2. The Morgan fingerprint density at radius 1 is 0.952 bits per heavy atom. The zero-order valence-electron chi connectivity index (χ0n) is 12.0. The summed E-state index contributed by atoms with van der Waals surface area (Å²) >= 11 is 5.78. The molecule has 0 saturated carbocycles. The Morgan fingerprint density at radius 2 is 1.67 bits per heavy atom. The summed E-state index contributed by atoms with van der Waals surface area (Å²) < 4.78 is 0. The molecule has 1 N–H and O–H groups in total. The van der Waals surface area contributed by atoms with Crippen LogP contribution in [0.1, 0.15) is 27.9 Å². The molecule has 0 bridgehead atoms. The molecule has 0 atom stereocenters. The monoisotopic (exact) mass is 301 g/mol. The van der Waals surface area contributed by atoms with Gasteiger partial charge in [0.15, 0.2) is 0 Å². The van der Waals surface area contributed by atoms with E-state index in [9.17, 15) is 4.79 Å². The highest BCUT2D eigenvalue weighted by molar-refractivity contribution is 6.18. The van der Waals surface area contributed by atoms with E-state index >= 15 is 0 Å². The lowest BCUT2D eigenvalue weighted by molar-refractivity contribution is 0.0952. The predicted molar refractivity (Wildman–Crippen MR) is 88.0 cm³/mol. The topological polar surface area (TPSA) is 29.1 Å². The van der Waals surface area contributed by atoms with Gasteiger partial charge in [-0.2, -0.15) is 0 Å². The number of halogens is 1. The van der Waals surface area contributed by atoms with Crippen LogP contribution in [0.4, 0.5) is 0 Å². The fraction of sp³-hybridized carbons (Fsp3) is 0.278. The maximum absolute atomic E-state index is 12.2. The lowest BCUT2D eigenvalue weighted by Gasteiger charge is -2.09. The lowest BCUT2D eigenvalue weighted by Crippen LogP contribution is -2.25. The highest BCUT2D eigenvalue weighted by atomic mass is 35.5. The van der Waals surface area contributed by atoms with E-state index in [1.165, 1.54) is 5.56 Å². The second-order valence-corrected chi connectivity index (χ2v) is 5.32. The smallest absolute Gasteiger partial charge is 0.251 e. The standard InChI is InChI=1S/C18H20ClNO/c19-13-12-16-10-4-5-11-17(16)18(21)20-14-6-9-15-7-2-1-3-8-15/h1-5,7-8,10-11H,6,9,12-14H2,(H,20,21). The Hall–Kier alpha value is -1.80. The van der Waals surface area contributed by atoms with Gasteiger partial charge in [0.25, 0.3) is 5.91 Å². The van der Waals surface area contributed by atoms with Crippen molar-refractivity contribution in [1.29, 1.82) is 0 Å². The van der Waals surface area contributed by atoms with Gasteiger partial charge < -0.3 is 5.32 Å². The summed E-state index contributed by atoms with van der Waals surface area (Å²) in [7, 11) is 0. The molecular weight excluding hydrogens is 282 g/mol. The molecule has 0 heterocycles. The van der Waals surface area contributed by atoms with E-state index in [0.717, 1.165) is 30.4 Å². The largest absolute Gasteiger partial charge is 0.352 e. The molecule has 0 aliphatic heterocycles. The molecule has 110 valence electrons. The Labute approximate surface area is 131 Å². The number of aryl methyl sites for hydroxylation is 2. The van der Waals surface area contributed by atoms with Crippen LogP contribution in [0.15, 0.2) is 54.6 Å². The van der Waals surface area contributed by atoms with E-state index in [2.05, 4.69) is 17.4 Å². The lowest BCUT2D eigenvalue weighted by atomic mass is 10.0. The molecule has 2 aromatic carbocycles. The van der Waals surface area contributed by atoms with E-state index in [1.807, 2.05) is 42.5 Å². The first-order valence-corrected chi connectivity index (χ1v) is 7.80. The van der Waals surface area contributed by atoms with Crippen LogP contribution in [-0.2, 0) is 12.8 Å². The van der Waals surface area contributed by atoms with Gasteiger partial charge in [0.2, 0.25) is 0 Å². The van der Waals surface area contributed by atoms with Crippen molar-refractivity contribution in [3.63, 3.8) is 0 Å². The van der Waals surface area contributed by atoms with Crippen LogP contribution >= 0.6 is 11.6 Å². The minimum Gasteiger partial charge on any atom is -0.352 e. The van der Waals surface area contributed by atoms with Gasteiger partial charge in [-0.15, -0.1) is 11.6 Å². The maximum Gasteiger partial charge on any atom is 0.251 e. The molecule has 0 fully saturated rings. The first kappa shape index (κ1) is 15.6. The van der Waals surface area contributed by atoms with E-state index in [1.54, 1.807) is 0 Å². The number of hydrogen-bond donors (Lipinski definition) is 1. The molecule has 2 nitrogen and oxygen atoms in total. The summed E-state index contributed by atoms with van der Waals surface area (Å²) in [6.45, 7) is 0.683. The fourth-order valence-electron chi connectivity index (χ4n) is 2.30. The second-order valence-electron chi connectivity index (χ2n) is 4.94. The van der Waals surface area contributed by atoms with Crippen LogP contribution in [0.2, 0.25) is 0 Å². The number of carbonyl (C=O) groups excluding carboxylic acids is 1. The van der Waals surface area contributed by atoms with Crippen molar-refractivity contribution >= 4 is 17.5 Å². The summed E-state index contributed by atoms with van der Waals surface area (Å²) in [5.41, 5.74) is 3.04. The molecule has 0 aromatic heterocycles. The van der Waals surface area contributed by atoms with Gasteiger partial charge >= 0.3 is 0 Å². The molecule has 21 heavy (non-hydrogen) atoms. The average molecular weight is 302 g/mol. The van der Waals surface area contributed by atoms with Crippen molar-refractivity contribution in [3.05, 3.63) is 71.3 Å². The number of nitrogens with one attached hydrogen (secondary N) is 1. The van der Waals surface area contributed by atoms with Crippen LogP contribution < -0.4 is 5.32 Å². The quantitative estimate of drug-likeness (QED) is 0.611. The van der Waals surface area contributed by atoms with Gasteiger partial charge in [0.1, 0.15) is 0 Å². The van der Waals surface area contributed by atoms with Gasteiger partial charge in [0.05, 0.1) is 0 Å². The van der Waals surface area contributed by atoms with Crippen LogP contribution in [0, 0.1) is 0 Å². The molecular formula is C18H20ClNO. The maximum atomic E-state index is 12.2. The van der Waals surface area contributed by atoms with Crippen molar-refractivity contribution in [2.24, 2.45) is 0 Å². The predicted octanol–water partition coefficient (Wildman–Crippen LogP) is 3.83. The van der Waals surface area contributed by atoms with Gasteiger partial charge in [-0.3, -0.25) is 4.79 Å². The van der Waals surface area contributed by atoms with Crippen molar-refractivity contribution < 1.29 is 4.79 Å². The second kappa shape index (κ2) is 8.48. The van der Waals surface area contributed by atoms with E-state index in [-0.39, 0.29) is 5.91 Å². The molecule has 0 unspecified atom stereocenters. The van der Waals surface area contributed by atoms with Crippen molar-refractivity contribution in [2.45, 2.75) is 19.3 Å². The number of rotatable bonds is 7. The van der Waals surface area contributed by atoms with Gasteiger partial charge in [-0.1, -0.05) is 48.5 Å². The first-order valence-electron chi connectivity index (χ1n) is 7.27. The zero-order chi connectivity index (χ0) is 14.9. The van der Waals surface area contributed by atoms with Crippen molar-refractivity contribution in [2.75, 3.05) is 12.4 Å². The molecule has 0 radical (unpaired) electrons. The van der Waals surface area contributed by atoms with E-state index in [0.29, 0.717) is 12.4 Å². The SMILES string of the molecule is O=C(NCCCc1ccccc1)c1ccccc1CCCl. The van der Waals surface area contributed by atoms with Crippen molar-refractivity contribution in [3.8, 4) is 0 Å². The van der Waals surface area contributed by atoms with Gasteiger partial charge in [-0.05, 0) is 36.5 Å². The summed E-state index contributed by atoms with van der Waals surface area (Å²) in [5, 5.41) is 2.99. The Kier molecular flexibility index (Phi) is 6.29. The number of alkyl halides is 1. The van der Waals surface area contributed by atoms with Gasteiger partial charge in [0, 0.05) is 18.0 Å². The number of carbonyl (C=O) groups is 1. The van der Waals surface area contributed by atoms with Gasteiger partial charge in [-0.25, -0.2) is 0 Å². The third-order valence-electron chi connectivity index (χ3n) is 3.40. The summed E-state index contributed by atoms with van der Waals surface area (Å²) in [6, 6.07) is 17.9. The third kappa shape index (κ3) is 4.91. The minimum absolute atomic E-state index is 0.0104. The molecule has 0 aliphatic carbocycles. The molecule has 2 aromatic rings. The fourth-order valence-corrected chi connectivity index (χ4v) is 2.50. The number of hydrogen-bond acceptors (Lipinski definition) is 1. The molecule has 1 amide bonds. The Balaban J connectivity index is 1.82. The van der Waals surface area contributed by atoms with Crippen LogP contribution in [0.25, 0.3) is 0 Å². The summed E-state index contributed by atoms with van der Waals surface area (Å²) in [4.78, 5) is 12.2. The molecule has 3 heteroatoms. The molecule has 2 rings (SSSR count). The van der Waals surface area contributed by atoms with Crippen LogP contribution in [0.5, 0.6) is 0 Å². The minimum atomic E-state index is -0.0104. The third-order valence-corrected chi connectivity index (χ3v) is 3.59. The zero-order valence-corrected chi connectivity index (χ0v) is 12.8.